The summed E-state index contributed by atoms with van der Waals surface area (Å²) >= 11 is 1.49. The minimum Gasteiger partial charge on any atom is -0.352 e. The van der Waals surface area contributed by atoms with Crippen molar-refractivity contribution in [3.8, 4) is 0 Å². The highest BCUT2D eigenvalue weighted by molar-refractivity contribution is 7.08. The summed E-state index contributed by atoms with van der Waals surface area (Å²) in [7, 11) is 0. The quantitative estimate of drug-likeness (QED) is 0.612. The van der Waals surface area contributed by atoms with Gasteiger partial charge in [0.2, 0.25) is 5.91 Å². The number of hydrogen-bond donors (Lipinski definition) is 3. The van der Waals surface area contributed by atoms with Crippen LogP contribution in [0, 0.1) is 0 Å². The van der Waals surface area contributed by atoms with E-state index in [1.807, 2.05) is 35.0 Å². The van der Waals surface area contributed by atoms with Gasteiger partial charge >= 0.3 is 0 Å². The lowest BCUT2D eigenvalue weighted by molar-refractivity contribution is -0.116. The average Bonchev–Trinajstić information content (AvgIpc) is 3.12. The second-order valence-corrected chi connectivity index (χ2v) is 6.18. The fourth-order valence-electron chi connectivity index (χ4n) is 2.20. The summed E-state index contributed by atoms with van der Waals surface area (Å²) in [4.78, 5) is 23.7. The molecule has 0 spiro atoms. The monoisotopic (exact) mass is 345 g/mol. The van der Waals surface area contributed by atoms with Gasteiger partial charge in [-0.25, -0.2) is 0 Å². The zero-order valence-corrected chi connectivity index (χ0v) is 14.6. The molecule has 1 heterocycles. The molecule has 5 nitrogen and oxygen atoms in total. The van der Waals surface area contributed by atoms with Crippen molar-refractivity contribution in [1.29, 1.82) is 0 Å². The number of carbonyl (C=O) groups excluding carboxylic acids is 2. The van der Waals surface area contributed by atoms with Crippen LogP contribution in [-0.2, 0) is 11.3 Å². The predicted molar refractivity (Wildman–Crippen MR) is 98.3 cm³/mol. The van der Waals surface area contributed by atoms with E-state index in [0.717, 1.165) is 24.3 Å². The lowest BCUT2D eigenvalue weighted by Crippen LogP contribution is -2.25. The molecule has 1 aromatic heterocycles. The van der Waals surface area contributed by atoms with Gasteiger partial charge in [-0.05, 0) is 42.1 Å². The van der Waals surface area contributed by atoms with Gasteiger partial charge in [-0.1, -0.05) is 19.1 Å². The number of nitrogens with one attached hydrogen (secondary N) is 3. The Morgan fingerprint density at radius 2 is 2.08 bits per heavy atom. The fraction of sp³-hybridized carbons (Fsp3) is 0.333. The van der Waals surface area contributed by atoms with E-state index in [0.29, 0.717) is 24.9 Å². The largest absolute Gasteiger partial charge is 0.352 e. The molecule has 0 saturated heterocycles. The molecule has 1 aromatic carbocycles. The van der Waals surface area contributed by atoms with Crippen molar-refractivity contribution in [2.45, 2.75) is 26.3 Å². The van der Waals surface area contributed by atoms with Crippen LogP contribution < -0.4 is 16.0 Å². The summed E-state index contributed by atoms with van der Waals surface area (Å²) in [5.74, 6) is -0.131. The van der Waals surface area contributed by atoms with E-state index in [1.165, 1.54) is 11.3 Å². The van der Waals surface area contributed by atoms with Crippen molar-refractivity contribution in [2.24, 2.45) is 0 Å². The molecule has 0 aliphatic heterocycles. The standard InChI is InChI=1S/C18H23N3O2S/c1-2-19-12-14-5-3-6-16(11-14)21-17(22)7-4-9-20-18(23)15-8-10-24-13-15/h3,5-6,8,10-11,13,19H,2,4,7,9,12H2,1H3,(H,20,23)(H,21,22). The lowest BCUT2D eigenvalue weighted by Gasteiger charge is -2.08. The second kappa shape index (κ2) is 9.85. The summed E-state index contributed by atoms with van der Waals surface area (Å²) in [6.07, 6.45) is 0.986. The van der Waals surface area contributed by atoms with Crippen LogP contribution in [0.2, 0.25) is 0 Å². The molecule has 24 heavy (non-hydrogen) atoms. The molecule has 3 N–H and O–H groups in total. The summed E-state index contributed by atoms with van der Waals surface area (Å²) < 4.78 is 0. The first kappa shape index (κ1) is 18.2. The van der Waals surface area contributed by atoms with Crippen molar-refractivity contribution in [3.05, 3.63) is 52.2 Å². The molecule has 0 aliphatic carbocycles. The maximum Gasteiger partial charge on any atom is 0.252 e. The third-order valence-corrected chi connectivity index (χ3v) is 4.12. The van der Waals surface area contributed by atoms with Gasteiger partial charge in [-0.2, -0.15) is 11.3 Å². The van der Waals surface area contributed by atoms with Gasteiger partial charge in [0.05, 0.1) is 0 Å². The minimum atomic E-state index is -0.0900. The topological polar surface area (TPSA) is 70.2 Å². The first-order chi connectivity index (χ1) is 11.7. The number of anilines is 1. The molecule has 128 valence electrons. The number of carbonyl (C=O) groups is 2. The minimum absolute atomic E-state index is 0.0413. The van der Waals surface area contributed by atoms with Gasteiger partial charge in [0.25, 0.3) is 5.91 Å². The van der Waals surface area contributed by atoms with Crippen molar-refractivity contribution in [3.63, 3.8) is 0 Å². The van der Waals surface area contributed by atoms with Crippen LogP contribution in [0.25, 0.3) is 0 Å². The number of benzene rings is 1. The average molecular weight is 345 g/mol. The molecule has 0 aliphatic rings. The Morgan fingerprint density at radius 3 is 2.83 bits per heavy atom. The highest BCUT2D eigenvalue weighted by atomic mass is 32.1. The SMILES string of the molecule is CCNCc1cccc(NC(=O)CCCNC(=O)c2ccsc2)c1. The molecular weight excluding hydrogens is 322 g/mol. The Labute approximate surface area is 146 Å². The molecule has 2 amide bonds. The van der Waals surface area contributed by atoms with E-state index in [9.17, 15) is 9.59 Å². The van der Waals surface area contributed by atoms with E-state index >= 15 is 0 Å². The molecular formula is C18H23N3O2S. The van der Waals surface area contributed by atoms with Crippen LogP contribution in [0.5, 0.6) is 0 Å². The number of thiophene rings is 1. The Balaban J connectivity index is 1.68. The molecule has 2 aromatic rings. The summed E-state index contributed by atoms with van der Waals surface area (Å²) in [5, 5.41) is 12.6. The number of rotatable bonds is 9. The molecule has 0 radical (unpaired) electrons. The van der Waals surface area contributed by atoms with E-state index in [2.05, 4.69) is 22.9 Å². The van der Waals surface area contributed by atoms with Crippen LogP contribution in [0.4, 0.5) is 5.69 Å². The maximum atomic E-state index is 12.0. The third-order valence-electron chi connectivity index (χ3n) is 3.44. The van der Waals surface area contributed by atoms with Gasteiger partial charge in [-0.15, -0.1) is 0 Å². The van der Waals surface area contributed by atoms with Gasteiger partial charge in [-0.3, -0.25) is 9.59 Å². The van der Waals surface area contributed by atoms with Crippen molar-refractivity contribution in [2.75, 3.05) is 18.4 Å². The van der Waals surface area contributed by atoms with Gasteiger partial charge < -0.3 is 16.0 Å². The Morgan fingerprint density at radius 1 is 1.21 bits per heavy atom. The van der Waals surface area contributed by atoms with Crippen LogP contribution in [0.3, 0.4) is 0 Å². The Hall–Kier alpha value is -2.18. The van der Waals surface area contributed by atoms with Crippen LogP contribution in [0.15, 0.2) is 41.1 Å². The number of hydrogen-bond acceptors (Lipinski definition) is 4. The van der Waals surface area contributed by atoms with Crippen LogP contribution >= 0.6 is 11.3 Å². The third kappa shape index (κ3) is 6.14. The second-order valence-electron chi connectivity index (χ2n) is 5.40. The molecule has 0 bridgehead atoms. The highest BCUT2D eigenvalue weighted by Gasteiger charge is 2.06. The van der Waals surface area contributed by atoms with Crippen molar-refractivity contribution < 1.29 is 9.59 Å². The normalized spacial score (nSPS) is 10.4. The zero-order chi connectivity index (χ0) is 17.2. The van der Waals surface area contributed by atoms with E-state index in [-0.39, 0.29) is 11.8 Å². The lowest BCUT2D eigenvalue weighted by atomic mass is 10.2. The molecule has 0 saturated carbocycles. The summed E-state index contributed by atoms with van der Waals surface area (Å²) in [5.41, 5.74) is 2.61. The smallest absolute Gasteiger partial charge is 0.252 e. The molecule has 0 atom stereocenters. The zero-order valence-electron chi connectivity index (χ0n) is 13.8. The Bertz CT molecular complexity index is 656. The van der Waals surface area contributed by atoms with Crippen LogP contribution in [-0.4, -0.2) is 24.9 Å². The van der Waals surface area contributed by atoms with Crippen molar-refractivity contribution in [1.82, 2.24) is 10.6 Å². The molecule has 0 unspecified atom stereocenters. The summed E-state index contributed by atoms with van der Waals surface area (Å²) in [6, 6.07) is 9.60. The summed E-state index contributed by atoms with van der Waals surface area (Å²) in [6.45, 7) is 4.24. The first-order valence-corrected chi connectivity index (χ1v) is 9.03. The molecule has 6 heteroatoms. The Kier molecular flexibility index (Phi) is 7.45. The van der Waals surface area contributed by atoms with E-state index < -0.39 is 0 Å². The fourth-order valence-corrected chi connectivity index (χ4v) is 2.83. The van der Waals surface area contributed by atoms with Crippen LogP contribution in [0.1, 0.15) is 35.7 Å². The highest BCUT2D eigenvalue weighted by Crippen LogP contribution is 2.11. The first-order valence-electron chi connectivity index (χ1n) is 8.09. The maximum absolute atomic E-state index is 12.0. The molecule has 0 fully saturated rings. The van der Waals surface area contributed by atoms with E-state index in [1.54, 1.807) is 6.07 Å². The number of amides is 2. The predicted octanol–water partition coefficient (Wildman–Crippen LogP) is 3.01. The van der Waals surface area contributed by atoms with Gasteiger partial charge in [0.1, 0.15) is 0 Å². The van der Waals surface area contributed by atoms with E-state index in [4.69, 9.17) is 0 Å². The van der Waals surface area contributed by atoms with Gasteiger partial charge in [0.15, 0.2) is 0 Å². The van der Waals surface area contributed by atoms with Crippen molar-refractivity contribution >= 4 is 28.8 Å². The molecule has 2 rings (SSSR count). The van der Waals surface area contributed by atoms with Gasteiger partial charge in [0, 0.05) is 36.1 Å².